The third-order valence-electron chi connectivity index (χ3n) is 4.64. The van der Waals surface area contributed by atoms with Crippen LogP contribution in [-0.4, -0.2) is 23.5 Å². The van der Waals surface area contributed by atoms with Crippen molar-refractivity contribution in [1.29, 1.82) is 0 Å². The zero-order valence-corrected chi connectivity index (χ0v) is 13.9. The average Bonchev–Trinajstić information content (AvgIpc) is 2.90. The number of aromatic nitrogens is 1. The van der Waals surface area contributed by atoms with Crippen molar-refractivity contribution in [2.24, 2.45) is 0 Å². The fraction of sp³-hybridized carbons (Fsp3) is 0.438. The molecule has 3 rings (SSSR count). The smallest absolute Gasteiger partial charge is 0.399 e. The summed E-state index contributed by atoms with van der Waals surface area (Å²) in [6.45, 7) is 9.57. The first-order valence-corrected chi connectivity index (χ1v) is 7.49. The number of nitrogens with two attached hydrogens (primary N) is 1. The van der Waals surface area contributed by atoms with E-state index in [1.54, 1.807) is 6.92 Å². The van der Waals surface area contributed by atoms with Crippen molar-refractivity contribution in [3.8, 4) is 11.3 Å². The van der Waals surface area contributed by atoms with Gasteiger partial charge in [0.25, 0.3) is 0 Å². The van der Waals surface area contributed by atoms with Gasteiger partial charge in [0.15, 0.2) is 0 Å². The first-order valence-electron chi connectivity index (χ1n) is 7.49. The Labute approximate surface area is 135 Å². The van der Waals surface area contributed by atoms with Gasteiger partial charge in [0.1, 0.15) is 17.3 Å². The lowest BCUT2D eigenvalue weighted by Gasteiger charge is -2.32. The molecule has 2 N–H and O–H groups in total. The summed E-state index contributed by atoms with van der Waals surface area (Å²) in [4.78, 5) is 0. The normalized spacial score (nSPS) is 19.3. The number of nitrogen functional groups attached to an aromatic ring is 1. The molecule has 1 aromatic heterocycles. The van der Waals surface area contributed by atoms with Crippen molar-refractivity contribution >= 4 is 18.3 Å². The van der Waals surface area contributed by atoms with E-state index in [4.69, 9.17) is 19.6 Å². The molecule has 5 nitrogen and oxygen atoms in total. The van der Waals surface area contributed by atoms with E-state index >= 15 is 0 Å². The highest BCUT2D eigenvalue weighted by Crippen LogP contribution is 2.37. The second-order valence-electron chi connectivity index (χ2n) is 6.83. The minimum atomic E-state index is -0.679. The predicted molar refractivity (Wildman–Crippen MR) is 86.8 cm³/mol. The number of anilines is 1. The molecule has 1 aromatic carbocycles. The molecule has 122 valence electrons. The number of benzene rings is 1. The summed E-state index contributed by atoms with van der Waals surface area (Å²) in [5.74, 6) is 0.102. The van der Waals surface area contributed by atoms with Crippen LogP contribution in [0.5, 0.6) is 0 Å². The fourth-order valence-corrected chi connectivity index (χ4v) is 2.54. The number of hydrogen-bond acceptors (Lipinski definition) is 5. The van der Waals surface area contributed by atoms with Gasteiger partial charge in [-0.2, -0.15) is 0 Å². The van der Waals surface area contributed by atoms with Crippen LogP contribution in [0.3, 0.4) is 0 Å². The third kappa shape index (κ3) is 2.54. The molecule has 0 saturated carbocycles. The van der Waals surface area contributed by atoms with E-state index in [-0.39, 0.29) is 5.56 Å². The van der Waals surface area contributed by atoms with E-state index in [9.17, 15) is 4.39 Å². The van der Waals surface area contributed by atoms with Gasteiger partial charge in [0.05, 0.1) is 16.7 Å². The van der Waals surface area contributed by atoms with Crippen LogP contribution >= 0.6 is 0 Å². The molecule has 2 heterocycles. The molecular weight excluding hydrogens is 298 g/mol. The Balaban J connectivity index is 2.09. The number of halogens is 1. The lowest BCUT2D eigenvalue weighted by molar-refractivity contribution is 0.00578. The Hall–Kier alpha value is -1.86. The van der Waals surface area contributed by atoms with Gasteiger partial charge in [-0.25, -0.2) is 4.39 Å². The molecule has 0 atom stereocenters. The first-order chi connectivity index (χ1) is 10.6. The highest BCUT2D eigenvalue weighted by molar-refractivity contribution is 6.64. The van der Waals surface area contributed by atoms with E-state index in [1.165, 1.54) is 18.2 Å². The Morgan fingerprint density at radius 1 is 1.13 bits per heavy atom. The van der Waals surface area contributed by atoms with Gasteiger partial charge in [-0.05, 0) is 52.8 Å². The monoisotopic (exact) mass is 318 g/mol. The van der Waals surface area contributed by atoms with Crippen molar-refractivity contribution in [2.45, 2.75) is 45.8 Å². The van der Waals surface area contributed by atoms with E-state index in [0.29, 0.717) is 22.6 Å². The molecule has 0 radical (unpaired) electrons. The zero-order chi connectivity index (χ0) is 17.0. The zero-order valence-electron chi connectivity index (χ0n) is 13.9. The van der Waals surface area contributed by atoms with Crippen LogP contribution in [-0.2, 0) is 9.31 Å². The number of aryl methyl sites for hydroxylation is 1. The van der Waals surface area contributed by atoms with Gasteiger partial charge in [-0.15, -0.1) is 0 Å². The van der Waals surface area contributed by atoms with Gasteiger partial charge in [0.2, 0.25) is 0 Å². The second kappa shape index (κ2) is 5.07. The van der Waals surface area contributed by atoms with Crippen LogP contribution in [0, 0.1) is 12.7 Å². The standard InChI is InChI=1S/C16H20BFN2O3/c1-9-13(17-22-15(2,3)16(4,5)23-17)14(20-21-9)11-8-10(19)6-7-12(11)18/h6-8H,19H2,1-5H3. The summed E-state index contributed by atoms with van der Waals surface area (Å²) in [7, 11) is -0.679. The Morgan fingerprint density at radius 3 is 2.35 bits per heavy atom. The van der Waals surface area contributed by atoms with Crippen molar-refractivity contribution in [3.63, 3.8) is 0 Å². The summed E-state index contributed by atoms with van der Waals surface area (Å²) < 4.78 is 31.6. The van der Waals surface area contributed by atoms with Gasteiger partial charge in [-0.3, -0.25) is 0 Å². The molecule has 23 heavy (non-hydrogen) atoms. The molecule has 1 aliphatic heterocycles. The lowest BCUT2D eigenvalue weighted by Crippen LogP contribution is -2.41. The minimum Gasteiger partial charge on any atom is -0.399 e. The van der Waals surface area contributed by atoms with Crippen LogP contribution in [0.4, 0.5) is 10.1 Å². The molecule has 2 aromatic rings. The SMILES string of the molecule is Cc1onc(-c2cc(N)ccc2F)c1B1OC(C)(C)C(C)(C)O1. The van der Waals surface area contributed by atoms with Crippen molar-refractivity contribution in [1.82, 2.24) is 5.16 Å². The molecule has 0 spiro atoms. The van der Waals surface area contributed by atoms with Gasteiger partial charge < -0.3 is 19.6 Å². The summed E-state index contributed by atoms with van der Waals surface area (Å²) in [6, 6.07) is 4.34. The van der Waals surface area contributed by atoms with Crippen LogP contribution in [0.25, 0.3) is 11.3 Å². The maximum absolute atomic E-state index is 14.2. The van der Waals surface area contributed by atoms with Gasteiger partial charge in [0, 0.05) is 11.3 Å². The molecule has 0 unspecified atom stereocenters. The number of nitrogens with zero attached hydrogens (tertiary/aromatic N) is 1. The Kier molecular flexibility index (Phi) is 3.53. The number of hydrogen-bond donors (Lipinski definition) is 1. The molecule has 0 bridgehead atoms. The van der Waals surface area contributed by atoms with Crippen LogP contribution in [0.1, 0.15) is 33.5 Å². The summed E-state index contributed by atoms with van der Waals surface area (Å²) in [6.07, 6.45) is 0. The molecular formula is C16H20BFN2O3. The maximum atomic E-state index is 14.2. The molecule has 1 aliphatic rings. The fourth-order valence-electron chi connectivity index (χ4n) is 2.54. The quantitative estimate of drug-likeness (QED) is 0.681. The molecule has 0 amide bonds. The topological polar surface area (TPSA) is 70.5 Å². The van der Waals surface area contributed by atoms with Crippen molar-refractivity contribution in [2.75, 3.05) is 5.73 Å². The van der Waals surface area contributed by atoms with Gasteiger partial charge in [-0.1, -0.05) is 5.16 Å². The largest absolute Gasteiger partial charge is 0.500 e. The van der Waals surface area contributed by atoms with E-state index in [2.05, 4.69) is 5.16 Å². The van der Waals surface area contributed by atoms with Crippen molar-refractivity contribution < 1.29 is 18.2 Å². The Bertz CT molecular complexity index is 742. The maximum Gasteiger partial charge on any atom is 0.500 e. The minimum absolute atomic E-state index is 0.270. The average molecular weight is 318 g/mol. The highest BCUT2D eigenvalue weighted by atomic mass is 19.1. The molecule has 1 fully saturated rings. The molecule has 7 heteroatoms. The van der Waals surface area contributed by atoms with Crippen LogP contribution in [0.15, 0.2) is 22.7 Å². The summed E-state index contributed by atoms with van der Waals surface area (Å²) in [5.41, 5.74) is 6.42. The van der Waals surface area contributed by atoms with Crippen LogP contribution in [0.2, 0.25) is 0 Å². The highest BCUT2D eigenvalue weighted by Gasteiger charge is 2.53. The predicted octanol–water partition coefficient (Wildman–Crippen LogP) is 2.67. The lowest BCUT2D eigenvalue weighted by atomic mass is 9.76. The molecule has 0 aliphatic carbocycles. The van der Waals surface area contributed by atoms with E-state index in [1.807, 2.05) is 27.7 Å². The Morgan fingerprint density at radius 2 is 1.74 bits per heavy atom. The first kappa shape index (κ1) is 16.0. The summed E-state index contributed by atoms with van der Waals surface area (Å²) >= 11 is 0. The van der Waals surface area contributed by atoms with Gasteiger partial charge >= 0.3 is 7.12 Å². The second-order valence-corrected chi connectivity index (χ2v) is 6.83. The number of rotatable bonds is 2. The third-order valence-corrected chi connectivity index (χ3v) is 4.64. The van der Waals surface area contributed by atoms with Crippen LogP contribution < -0.4 is 11.2 Å². The van der Waals surface area contributed by atoms with E-state index in [0.717, 1.165) is 0 Å². The summed E-state index contributed by atoms with van der Waals surface area (Å²) in [5, 5.41) is 4.00. The molecule has 1 saturated heterocycles. The van der Waals surface area contributed by atoms with Crippen molar-refractivity contribution in [3.05, 3.63) is 29.8 Å². The van der Waals surface area contributed by atoms with E-state index < -0.39 is 24.1 Å².